The number of amides is 1. The van der Waals surface area contributed by atoms with Crippen LogP contribution < -0.4 is 0 Å². The van der Waals surface area contributed by atoms with Crippen LogP contribution in [0.4, 0.5) is 0 Å². The molecule has 1 N–H and O–H groups in total. The van der Waals surface area contributed by atoms with Gasteiger partial charge in [0.25, 0.3) is 0 Å². The molecule has 0 radical (unpaired) electrons. The number of nitrogens with one attached hydrogen (secondary N) is 1. The summed E-state index contributed by atoms with van der Waals surface area (Å²) in [5.41, 5.74) is 2.53. The van der Waals surface area contributed by atoms with Crippen LogP contribution in [0.1, 0.15) is 41.2 Å². The van der Waals surface area contributed by atoms with Crippen molar-refractivity contribution in [3.63, 3.8) is 0 Å². The van der Waals surface area contributed by atoms with Gasteiger partial charge in [0.1, 0.15) is 0 Å². The van der Waals surface area contributed by atoms with E-state index in [2.05, 4.69) is 37.3 Å². The van der Waals surface area contributed by atoms with Crippen LogP contribution in [0.25, 0.3) is 10.9 Å². The smallest absolute Gasteiger partial charge is 0.337 e. The number of ether oxygens (including phenoxy) is 1. The van der Waals surface area contributed by atoms with Crippen LogP contribution in [0.2, 0.25) is 0 Å². The van der Waals surface area contributed by atoms with E-state index in [9.17, 15) is 9.59 Å². The van der Waals surface area contributed by atoms with Crippen LogP contribution in [0, 0.1) is 0 Å². The minimum atomic E-state index is -0.364. The molecule has 1 saturated heterocycles. The number of benzene rings is 1. The van der Waals surface area contributed by atoms with Gasteiger partial charge in [0.15, 0.2) is 0 Å². The molecule has 152 valence electrons. The predicted octanol–water partition coefficient (Wildman–Crippen LogP) is 3.10. The number of esters is 1. The Kier molecular flexibility index (Phi) is 5.66. The van der Waals surface area contributed by atoms with Crippen molar-refractivity contribution in [2.45, 2.75) is 31.7 Å². The van der Waals surface area contributed by atoms with Gasteiger partial charge in [-0.05, 0) is 47.0 Å². The first-order valence-electron chi connectivity index (χ1n) is 9.57. The van der Waals surface area contributed by atoms with Crippen LogP contribution in [0.3, 0.4) is 0 Å². The Balaban J connectivity index is 1.48. The summed E-state index contributed by atoms with van der Waals surface area (Å²) >= 11 is 3.54. The molecule has 0 bridgehead atoms. The van der Waals surface area contributed by atoms with Gasteiger partial charge in [-0.1, -0.05) is 5.21 Å². The normalized spacial score (nSPS) is 16.9. The summed E-state index contributed by atoms with van der Waals surface area (Å²) in [6.07, 6.45) is 5.76. The highest BCUT2D eigenvalue weighted by Gasteiger charge is 2.26. The zero-order valence-electron chi connectivity index (χ0n) is 16.1. The third kappa shape index (κ3) is 4.19. The molecule has 3 aromatic rings. The SMILES string of the molecule is COC(=O)c1cc(Br)c2[nH]c([C@H]3CCCN(C(=O)CCn4ccnn4)C3)cc2c1. The Hall–Kier alpha value is -2.68. The van der Waals surface area contributed by atoms with E-state index in [0.29, 0.717) is 25.1 Å². The molecule has 0 unspecified atom stereocenters. The quantitative estimate of drug-likeness (QED) is 0.591. The van der Waals surface area contributed by atoms with E-state index in [0.717, 1.165) is 40.5 Å². The molecule has 1 aliphatic rings. The lowest BCUT2D eigenvalue weighted by atomic mass is 9.94. The summed E-state index contributed by atoms with van der Waals surface area (Å²) in [4.78, 5) is 29.9. The molecule has 0 aliphatic carbocycles. The van der Waals surface area contributed by atoms with Gasteiger partial charge < -0.3 is 14.6 Å². The van der Waals surface area contributed by atoms with E-state index in [-0.39, 0.29) is 17.8 Å². The number of likely N-dealkylation sites (tertiary alicyclic amines) is 1. The molecule has 1 aliphatic heterocycles. The average Bonchev–Trinajstić information content (AvgIpc) is 3.41. The summed E-state index contributed by atoms with van der Waals surface area (Å²) < 4.78 is 7.32. The van der Waals surface area contributed by atoms with Crippen molar-refractivity contribution < 1.29 is 14.3 Å². The highest BCUT2D eigenvalue weighted by molar-refractivity contribution is 9.10. The van der Waals surface area contributed by atoms with E-state index in [1.807, 2.05) is 11.0 Å². The summed E-state index contributed by atoms with van der Waals surface area (Å²) in [6.45, 7) is 2.00. The number of fused-ring (bicyclic) bond motifs is 1. The minimum Gasteiger partial charge on any atom is -0.465 e. The molecule has 3 heterocycles. The summed E-state index contributed by atoms with van der Waals surface area (Å²) in [5.74, 6) is 0.00702. The number of nitrogens with zero attached hydrogens (tertiary/aromatic N) is 4. The maximum Gasteiger partial charge on any atom is 0.337 e. The van der Waals surface area contributed by atoms with E-state index in [1.54, 1.807) is 23.1 Å². The van der Waals surface area contributed by atoms with Crippen LogP contribution >= 0.6 is 15.9 Å². The lowest BCUT2D eigenvalue weighted by molar-refractivity contribution is -0.132. The van der Waals surface area contributed by atoms with Crippen molar-refractivity contribution in [2.75, 3.05) is 20.2 Å². The Morgan fingerprint density at radius 2 is 2.21 bits per heavy atom. The number of aromatic amines is 1. The van der Waals surface area contributed by atoms with Crippen molar-refractivity contribution >= 4 is 38.7 Å². The van der Waals surface area contributed by atoms with Crippen LogP contribution in [0.5, 0.6) is 0 Å². The number of rotatable bonds is 5. The number of aromatic nitrogens is 4. The fourth-order valence-electron chi connectivity index (χ4n) is 3.86. The fourth-order valence-corrected chi connectivity index (χ4v) is 4.43. The maximum absolute atomic E-state index is 12.6. The number of methoxy groups -OCH3 is 1. The molecule has 2 aromatic heterocycles. The van der Waals surface area contributed by atoms with Crippen molar-refractivity contribution in [3.8, 4) is 0 Å². The number of carbonyl (C=O) groups is 2. The number of H-pyrrole nitrogens is 1. The molecule has 0 spiro atoms. The third-order valence-electron chi connectivity index (χ3n) is 5.36. The molecule has 4 rings (SSSR count). The Bertz CT molecular complexity index is 1030. The largest absolute Gasteiger partial charge is 0.465 e. The molecule has 9 heteroatoms. The number of piperidine rings is 1. The van der Waals surface area contributed by atoms with E-state index in [1.165, 1.54) is 7.11 Å². The number of aryl methyl sites for hydroxylation is 1. The first-order chi connectivity index (χ1) is 14.0. The van der Waals surface area contributed by atoms with E-state index in [4.69, 9.17) is 4.74 Å². The van der Waals surface area contributed by atoms with E-state index >= 15 is 0 Å². The molecule has 29 heavy (non-hydrogen) atoms. The fraction of sp³-hybridized carbons (Fsp3) is 0.400. The molecule has 1 aromatic carbocycles. The van der Waals surface area contributed by atoms with Crippen molar-refractivity contribution in [3.05, 3.63) is 46.3 Å². The number of hydrogen-bond donors (Lipinski definition) is 1. The van der Waals surface area contributed by atoms with E-state index < -0.39 is 0 Å². The van der Waals surface area contributed by atoms with Gasteiger partial charge in [-0.15, -0.1) is 5.10 Å². The molecule has 1 amide bonds. The van der Waals surface area contributed by atoms with Crippen LogP contribution in [-0.2, 0) is 16.1 Å². The summed E-state index contributed by atoms with van der Waals surface area (Å²) in [5, 5.41) is 8.62. The topological polar surface area (TPSA) is 93.1 Å². The predicted molar refractivity (Wildman–Crippen MR) is 111 cm³/mol. The highest BCUT2D eigenvalue weighted by atomic mass is 79.9. The zero-order chi connectivity index (χ0) is 20.4. The van der Waals surface area contributed by atoms with Gasteiger partial charge in [-0.2, -0.15) is 0 Å². The summed E-state index contributed by atoms with van der Waals surface area (Å²) in [7, 11) is 1.37. The Labute approximate surface area is 176 Å². The van der Waals surface area contributed by atoms with Gasteiger partial charge in [0.05, 0.1) is 30.9 Å². The van der Waals surface area contributed by atoms with Crippen LogP contribution in [-0.4, -0.2) is 57.0 Å². The van der Waals surface area contributed by atoms with Crippen LogP contribution in [0.15, 0.2) is 35.1 Å². The minimum absolute atomic E-state index is 0.135. The molecule has 0 saturated carbocycles. The second kappa shape index (κ2) is 8.36. The molecule has 1 fully saturated rings. The monoisotopic (exact) mass is 459 g/mol. The van der Waals surface area contributed by atoms with Crippen molar-refractivity contribution in [2.24, 2.45) is 0 Å². The second-order valence-corrected chi connectivity index (χ2v) is 8.09. The third-order valence-corrected chi connectivity index (χ3v) is 5.99. The second-order valence-electron chi connectivity index (χ2n) is 7.23. The van der Waals surface area contributed by atoms with Gasteiger partial charge in [-0.25, -0.2) is 4.79 Å². The summed E-state index contributed by atoms with van der Waals surface area (Å²) in [6, 6.07) is 5.66. The highest BCUT2D eigenvalue weighted by Crippen LogP contribution is 2.32. The average molecular weight is 460 g/mol. The molecular weight excluding hydrogens is 438 g/mol. The molecular formula is C20H22BrN5O3. The van der Waals surface area contributed by atoms with Gasteiger partial charge in [0.2, 0.25) is 5.91 Å². The lowest BCUT2D eigenvalue weighted by Gasteiger charge is -2.32. The van der Waals surface area contributed by atoms with Crippen molar-refractivity contribution in [1.29, 1.82) is 0 Å². The van der Waals surface area contributed by atoms with Gasteiger partial charge in [0, 0.05) is 47.2 Å². The number of halogens is 1. The Morgan fingerprint density at radius 3 is 2.97 bits per heavy atom. The lowest BCUT2D eigenvalue weighted by Crippen LogP contribution is -2.39. The number of carbonyl (C=O) groups excluding carboxylic acids is 2. The maximum atomic E-state index is 12.6. The first kappa shape index (κ1) is 19.6. The Morgan fingerprint density at radius 1 is 1.34 bits per heavy atom. The zero-order valence-corrected chi connectivity index (χ0v) is 17.7. The number of hydrogen-bond acceptors (Lipinski definition) is 5. The van der Waals surface area contributed by atoms with Gasteiger partial charge >= 0.3 is 5.97 Å². The first-order valence-corrected chi connectivity index (χ1v) is 10.4. The van der Waals surface area contributed by atoms with Crippen molar-refractivity contribution in [1.82, 2.24) is 24.9 Å². The van der Waals surface area contributed by atoms with Gasteiger partial charge in [-0.3, -0.25) is 9.48 Å². The molecule has 1 atom stereocenters. The molecule has 8 nitrogen and oxygen atoms in total. The standard InChI is InChI=1S/C20H22BrN5O3/c1-29-20(28)15-9-14-11-17(23-19(14)16(21)10-15)13-3-2-6-25(12-13)18(27)4-7-26-8-5-22-24-26/h5,8-11,13,23H,2-4,6-7,12H2,1H3/t13-/m0/s1.